The number of pyridine rings is 1. The van der Waals surface area contributed by atoms with Gasteiger partial charge in [-0.15, -0.1) is 0 Å². The first-order chi connectivity index (χ1) is 12.4. The molecule has 2 atom stereocenters. The standard InChI is InChI=1S/C19H20ClN3O3/c1-19(12-6-3-4-7-13(12)20)10-5-8-15-21(2)18(26)16-17(25)14(24)9-11-22(16)23(15)19/h3-4,6-7,9,11,15,25H,5,8,10H2,1-2H3. The highest BCUT2D eigenvalue weighted by Crippen LogP contribution is 2.44. The van der Waals surface area contributed by atoms with Gasteiger partial charge in [0.15, 0.2) is 11.4 Å². The molecule has 7 heteroatoms. The largest absolute Gasteiger partial charge is 0.502 e. The Hall–Kier alpha value is -2.47. The van der Waals surface area contributed by atoms with Gasteiger partial charge in [-0.3, -0.25) is 19.3 Å². The van der Waals surface area contributed by atoms with Crippen molar-refractivity contribution >= 4 is 17.5 Å². The number of nitrogens with zero attached hydrogens (tertiary/aromatic N) is 3. The number of hydrogen-bond acceptors (Lipinski definition) is 4. The summed E-state index contributed by atoms with van der Waals surface area (Å²) >= 11 is 6.51. The Kier molecular flexibility index (Phi) is 3.77. The van der Waals surface area contributed by atoms with Crippen LogP contribution in [-0.4, -0.2) is 33.8 Å². The molecule has 26 heavy (non-hydrogen) atoms. The van der Waals surface area contributed by atoms with Crippen LogP contribution in [0, 0.1) is 0 Å². The lowest BCUT2D eigenvalue weighted by Gasteiger charge is -2.56. The molecular formula is C19H20ClN3O3. The number of carbonyl (C=O) groups is 1. The van der Waals surface area contributed by atoms with Gasteiger partial charge in [-0.25, -0.2) is 0 Å². The Labute approximate surface area is 156 Å². The molecule has 0 bridgehead atoms. The van der Waals surface area contributed by atoms with Gasteiger partial charge < -0.3 is 10.0 Å². The zero-order valence-electron chi connectivity index (χ0n) is 14.6. The van der Waals surface area contributed by atoms with E-state index in [1.807, 2.05) is 24.3 Å². The number of benzene rings is 1. The van der Waals surface area contributed by atoms with Gasteiger partial charge in [0.25, 0.3) is 5.91 Å². The Morgan fingerprint density at radius 1 is 1.23 bits per heavy atom. The van der Waals surface area contributed by atoms with Gasteiger partial charge >= 0.3 is 0 Å². The number of amides is 1. The fraction of sp³-hybridized carbons (Fsp3) is 0.368. The van der Waals surface area contributed by atoms with E-state index in [1.165, 1.54) is 6.07 Å². The van der Waals surface area contributed by atoms with Gasteiger partial charge in [-0.1, -0.05) is 29.8 Å². The summed E-state index contributed by atoms with van der Waals surface area (Å²) in [7, 11) is 1.71. The average Bonchev–Trinajstić information content (AvgIpc) is 2.62. The van der Waals surface area contributed by atoms with Crippen LogP contribution < -0.4 is 10.4 Å². The number of halogens is 1. The molecule has 2 unspecified atom stereocenters. The number of carbonyl (C=O) groups excluding carboxylic acids is 1. The van der Waals surface area contributed by atoms with E-state index >= 15 is 0 Å². The van der Waals surface area contributed by atoms with Crippen LogP contribution in [0.15, 0.2) is 41.3 Å². The van der Waals surface area contributed by atoms with E-state index in [0.717, 1.165) is 24.8 Å². The van der Waals surface area contributed by atoms with E-state index in [-0.39, 0.29) is 17.8 Å². The number of rotatable bonds is 1. The molecule has 1 saturated heterocycles. The molecule has 2 aromatic rings. The predicted octanol–water partition coefficient (Wildman–Crippen LogP) is 2.66. The first-order valence-electron chi connectivity index (χ1n) is 8.62. The van der Waals surface area contributed by atoms with Gasteiger partial charge in [-0.05, 0) is 37.8 Å². The Balaban J connectivity index is 1.99. The van der Waals surface area contributed by atoms with Crippen molar-refractivity contribution in [2.45, 2.75) is 37.9 Å². The Morgan fingerprint density at radius 2 is 1.96 bits per heavy atom. The number of fused-ring (bicyclic) bond motifs is 3. The lowest BCUT2D eigenvalue weighted by atomic mass is 9.81. The van der Waals surface area contributed by atoms with E-state index < -0.39 is 16.7 Å². The topological polar surface area (TPSA) is 65.8 Å². The van der Waals surface area contributed by atoms with Crippen LogP contribution in [0.3, 0.4) is 0 Å². The van der Waals surface area contributed by atoms with Crippen LogP contribution >= 0.6 is 11.6 Å². The molecule has 0 spiro atoms. The molecule has 2 aliphatic rings. The minimum atomic E-state index is -0.562. The van der Waals surface area contributed by atoms with Gasteiger partial charge in [0.1, 0.15) is 6.17 Å². The van der Waals surface area contributed by atoms with E-state index in [0.29, 0.717) is 5.02 Å². The maximum absolute atomic E-state index is 12.8. The van der Waals surface area contributed by atoms with Crippen LogP contribution in [0.1, 0.15) is 42.2 Å². The smallest absolute Gasteiger partial charge is 0.277 e. The monoisotopic (exact) mass is 373 g/mol. The van der Waals surface area contributed by atoms with Gasteiger partial charge in [0, 0.05) is 24.3 Å². The molecule has 1 fully saturated rings. The van der Waals surface area contributed by atoms with E-state index in [9.17, 15) is 14.7 Å². The van der Waals surface area contributed by atoms with Crippen LogP contribution in [0.4, 0.5) is 0 Å². The Morgan fingerprint density at radius 3 is 2.69 bits per heavy atom. The zero-order valence-corrected chi connectivity index (χ0v) is 15.4. The molecule has 0 aliphatic carbocycles. The fourth-order valence-corrected chi connectivity index (χ4v) is 4.63. The number of aromatic hydroxyl groups is 1. The second kappa shape index (κ2) is 5.77. The molecule has 0 saturated carbocycles. The maximum atomic E-state index is 12.8. The van der Waals surface area contributed by atoms with Crippen LogP contribution in [0.25, 0.3) is 0 Å². The van der Waals surface area contributed by atoms with E-state index in [4.69, 9.17) is 11.6 Å². The van der Waals surface area contributed by atoms with Crippen molar-refractivity contribution in [3.63, 3.8) is 0 Å². The molecule has 2 aliphatic heterocycles. The van der Waals surface area contributed by atoms with Crippen LogP contribution in [0.2, 0.25) is 5.02 Å². The van der Waals surface area contributed by atoms with E-state index in [1.54, 1.807) is 22.8 Å². The predicted molar refractivity (Wildman–Crippen MR) is 99.1 cm³/mol. The highest BCUT2D eigenvalue weighted by Gasteiger charge is 2.49. The number of piperidine rings is 1. The molecule has 1 aromatic carbocycles. The third-order valence-corrected chi connectivity index (χ3v) is 5.95. The molecule has 1 aromatic heterocycles. The lowest BCUT2D eigenvalue weighted by Crippen LogP contribution is -2.68. The summed E-state index contributed by atoms with van der Waals surface area (Å²) in [4.78, 5) is 26.3. The molecule has 136 valence electrons. The van der Waals surface area contributed by atoms with Crippen molar-refractivity contribution in [1.82, 2.24) is 9.58 Å². The van der Waals surface area contributed by atoms with Crippen molar-refractivity contribution in [2.24, 2.45) is 0 Å². The molecule has 0 radical (unpaired) electrons. The first kappa shape index (κ1) is 17.0. The summed E-state index contributed by atoms with van der Waals surface area (Å²) in [5.41, 5.74) is -0.102. The second-order valence-corrected chi connectivity index (χ2v) is 7.52. The minimum absolute atomic E-state index is 0.00331. The highest BCUT2D eigenvalue weighted by atomic mass is 35.5. The SMILES string of the molecule is CN1C(=O)c2c(O)c(=O)ccn2N2C1CCCC2(C)c1ccccc1Cl. The molecule has 1 amide bonds. The quantitative estimate of drug-likeness (QED) is 0.834. The van der Waals surface area contributed by atoms with Gasteiger partial charge in [-0.2, -0.15) is 0 Å². The van der Waals surface area contributed by atoms with Gasteiger partial charge in [0.05, 0.1) is 5.54 Å². The van der Waals surface area contributed by atoms with Gasteiger partial charge in [0.2, 0.25) is 5.43 Å². The van der Waals surface area contributed by atoms with Crippen molar-refractivity contribution < 1.29 is 9.90 Å². The summed E-state index contributed by atoms with van der Waals surface area (Å²) in [6.45, 7) is 2.09. The summed E-state index contributed by atoms with van der Waals surface area (Å²) in [5.74, 6) is -0.875. The fourth-order valence-electron chi connectivity index (χ4n) is 4.29. The molecule has 3 heterocycles. The summed E-state index contributed by atoms with van der Waals surface area (Å²) in [5, 5.41) is 13.0. The molecule has 4 rings (SSSR count). The summed E-state index contributed by atoms with van der Waals surface area (Å²) in [6.07, 6.45) is 3.94. The zero-order chi connectivity index (χ0) is 18.6. The van der Waals surface area contributed by atoms with Crippen molar-refractivity contribution in [3.05, 3.63) is 63.0 Å². The van der Waals surface area contributed by atoms with Crippen LogP contribution in [0.5, 0.6) is 5.75 Å². The number of aromatic nitrogens is 1. The van der Waals surface area contributed by atoms with E-state index in [2.05, 4.69) is 11.9 Å². The first-order valence-corrected chi connectivity index (χ1v) is 9.00. The second-order valence-electron chi connectivity index (χ2n) is 7.11. The third-order valence-electron chi connectivity index (χ3n) is 5.62. The summed E-state index contributed by atoms with van der Waals surface area (Å²) < 4.78 is 1.63. The molecule has 1 N–H and O–H groups in total. The highest BCUT2D eigenvalue weighted by molar-refractivity contribution is 6.31. The maximum Gasteiger partial charge on any atom is 0.277 e. The van der Waals surface area contributed by atoms with Crippen molar-refractivity contribution in [1.29, 1.82) is 0 Å². The minimum Gasteiger partial charge on any atom is -0.502 e. The lowest BCUT2D eigenvalue weighted by molar-refractivity contribution is 0.0471. The average molecular weight is 374 g/mol. The third kappa shape index (κ3) is 2.18. The Bertz CT molecular complexity index is 957. The molecular weight excluding hydrogens is 354 g/mol. The van der Waals surface area contributed by atoms with Crippen LogP contribution in [-0.2, 0) is 5.54 Å². The van der Waals surface area contributed by atoms with Crippen molar-refractivity contribution in [3.8, 4) is 5.75 Å². The number of hydrogen-bond donors (Lipinski definition) is 1. The molecule has 6 nitrogen and oxygen atoms in total. The summed E-state index contributed by atoms with van der Waals surface area (Å²) in [6, 6.07) is 8.96. The van der Waals surface area contributed by atoms with Crippen molar-refractivity contribution in [2.75, 3.05) is 12.1 Å². The normalized spacial score (nSPS) is 25.0.